The van der Waals surface area contributed by atoms with Crippen LogP contribution in [0.4, 0.5) is 4.39 Å². The first kappa shape index (κ1) is 18.0. The van der Waals surface area contributed by atoms with Crippen molar-refractivity contribution >= 4 is 0 Å². The molecular formula is C21H37F. The van der Waals surface area contributed by atoms with Crippen molar-refractivity contribution in [3.05, 3.63) is 12.4 Å². The molecule has 0 spiro atoms. The maximum atomic E-state index is 12.2. The molecule has 0 aromatic heterocycles. The standard InChI is InChI=1S/C21H37F/c1-3-9-19(4-2)21(15-6-5-7-16-21)20-13-11-18(12-14-20)10-8-17-22/h8,17-20H,3-7,9-16H2,1-2H3/b17-8+/t18-,19?,20-. The fraction of sp³-hybridized carbons (Fsp3) is 0.905. The molecule has 22 heavy (non-hydrogen) atoms. The van der Waals surface area contributed by atoms with Gasteiger partial charge in [-0.2, -0.15) is 0 Å². The Balaban J connectivity index is 2.03. The topological polar surface area (TPSA) is 0 Å². The minimum atomic E-state index is 0.657. The second-order valence-corrected chi connectivity index (χ2v) is 8.00. The average Bonchev–Trinajstić information content (AvgIpc) is 2.59. The maximum Gasteiger partial charge on any atom is 0.0827 e. The van der Waals surface area contributed by atoms with Crippen LogP contribution in [0.2, 0.25) is 0 Å². The highest BCUT2D eigenvalue weighted by molar-refractivity contribution is 4.96. The lowest BCUT2D eigenvalue weighted by molar-refractivity contribution is -0.00930. The summed E-state index contributed by atoms with van der Waals surface area (Å²) in [6.07, 6.45) is 20.4. The van der Waals surface area contributed by atoms with Crippen molar-refractivity contribution < 1.29 is 4.39 Å². The van der Waals surface area contributed by atoms with Crippen molar-refractivity contribution in [1.29, 1.82) is 0 Å². The quantitative estimate of drug-likeness (QED) is 0.458. The van der Waals surface area contributed by atoms with Crippen molar-refractivity contribution in [2.24, 2.45) is 23.2 Å². The molecule has 2 aliphatic rings. The van der Waals surface area contributed by atoms with E-state index in [0.29, 0.717) is 5.41 Å². The Morgan fingerprint density at radius 3 is 2.27 bits per heavy atom. The second kappa shape index (κ2) is 9.08. The van der Waals surface area contributed by atoms with Crippen molar-refractivity contribution in [3.8, 4) is 0 Å². The van der Waals surface area contributed by atoms with E-state index >= 15 is 0 Å². The fourth-order valence-corrected chi connectivity index (χ4v) is 5.82. The highest BCUT2D eigenvalue weighted by Gasteiger charge is 2.45. The molecule has 2 aliphatic carbocycles. The Kier molecular flexibility index (Phi) is 7.44. The predicted octanol–water partition coefficient (Wildman–Crippen LogP) is 7.44. The number of allylic oxidation sites excluding steroid dienone is 1. The van der Waals surface area contributed by atoms with Crippen LogP contribution >= 0.6 is 0 Å². The largest absolute Gasteiger partial charge is 0.216 e. The highest BCUT2D eigenvalue weighted by Crippen LogP contribution is 2.55. The molecule has 2 saturated carbocycles. The van der Waals surface area contributed by atoms with Crippen molar-refractivity contribution in [1.82, 2.24) is 0 Å². The third-order valence-electron chi connectivity index (χ3n) is 6.95. The van der Waals surface area contributed by atoms with Gasteiger partial charge < -0.3 is 0 Å². The summed E-state index contributed by atoms with van der Waals surface area (Å²) in [7, 11) is 0. The maximum absolute atomic E-state index is 12.2. The molecule has 0 nitrogen and oxygen atoms in total. The predicted molar refractivity (Wildman–Crippen MR) is 94.5 cm³/mol. The summed E-state index contributed by atoms with van der Waals surface area (Å²) in [5.74, 6) is 2.65. The summed E-state index contributed by atoms with van der Waals surface area (Å²) >= 11 is 0. The molecule has 0 aliphatic heterocycles. The van der Waals surface area contributed by atoms with Crippen LogP contribution in [0.3, 0.4) is 0 Å². The van der Waals surface area contributed by atoms with Gasteiger partial charge in [0.15, 0.2) is 0 Å². The minimum Gasteiger partial charge on any atom is -0.216 e. The smallest absolute Gasteiger partial charge is 0.0827 e. The fourth-order valence-electron chi connectivity index (χ4n) is 5.82. The van der Waals surface area contributed by atoms with Crippen LogP contribution in [-0.4, -0.2) is 0 Å². The monoisotopic (exact) mass is 308 g/mol. The molecule has 0 aromatic rings. The Morgan fingerprint density at radius 1 is 1.05 bits per heavy atom. The number of rotatable bonds is 7. The van der Waals surface area contributed by atoms with E-state index in [1.165, 1.54) is 77.0 Å². The highest BCUT2D eigenvalue weighted by atomic mass is 19.1. The van der Waals surface area contributed by atoms with Crippen molar-refractivity contribution in [2.45, 2.75) is 97.3 Å². The van der Waals surface area contributed by atoms with Crippen LogP contribution in [0.25, 0.3) is 0 Å². The Hall–Kier alpha value is -0.330. The summed E-state index contributed by atoms with van der Waals surface area (Å²) in [5, 5.41) is 0. The summed E-state index contributed by atoms with van der Waals surface area (Å²) in [5.41, 5.74) is 0.657. The van der Waals surface area contributed by atoms with E-state index < -0.39 is 0 Å². The third kappa shape index (κ3) is 4.15. The van der Waals surface area contributed by atoms with Crippen molar-refractivity contribution in [3.63, 3.8) is 0 Å². The van der Waals surface area contributed by atoms with Crippen molar-refractivity contribution in [2.75, 3.05) is 0 Å². The second-order valence-electron chi connectivity index (χ2n) is 8.00. The Bertz CT molecular complexity index is 319. The van der Waals surface area contributed by atoms with Gasteiger partial charge in [-0.3, -0.25) is 0 Å². The summed E-state index contributed by atoms with van der Waals surface area (Å²) < 4.78 is 12.2. The zero-order valence-electron chi connectivity index (χ0n) is 15.0. The minimum absolute atomic E-state index is 0.657. The zero-order valence-corrected chi connectivity index (χ0v) is 15.0. The molecule has 1 atom stereocenters. The molecule has 1 unspecified atom stereocenters. The van der Waals surface area contributed by atoms with Gasteiger partial charge in [-0.05, 0) is 68.1 Å². The van der Waals surface area contributed by atoms with Gasteiger partial charge in [0, 0.05) is 0 Å². The number of hydrogen-bond donors (Lipinski definition) is 0. The first-order valence-corrected chi connectivity index (χ1v) is 10.0. The molecule has 0 radical (unpaired) electrons. The summed E-state index contributed by atoms with van der Waals surface area (Å²) in [6.45, 7) is 4.79. The summed E-state index contributed by atoms with van der Waals surface area (Å²) in [4.78, 5) is 0. The van der Waals surface area contributed by atoms with E-state index in [2.05, 4.69) is 13.8 Å². The Labute approximate surface area is 138 Å². The zero-order chi connectivity index (χ0) is 15.8. The normalized spacial score (nSPS) is 30.5. The van der Waals surface area contributed by atoms with Gasteiger partial charge in [0.1, 0.15) is 0 Å². The van der Waals surface area contributed by atoms with Gasteiger partial charge >= 0.3 is 0 Å². The Morgan fingerprint density at radius 2 is 1.73 bits per heavy atom. The first-order valence-electron chi connectivity index (χ1n) is 10.0. The van der Waals surface area contributed by atoms with E-state index in [1.807, 2.05) is 0 Å². The van der Waals surface area contributed by atoms with Crippen LogP contribution < -0.4 is 0 Å². The van der Waals surface area contributed by atoms with E-state index in [-0.39, 0.29) is 0 Å². The van der Waals surface area contributed by atoms with E-state index in [9.17, 15) is 4.39 Å². The molecule has 128 valence electrons. The molecule has 0 bridgehead atoms. The van der Waals surface area contributed by atoms with Gasteiger partial charge in [-0.1, -0.05) is 58.4 Å². The lowest BCUT2D eigenvalue weighted by Gasteiger charge is -2.51. The molecule has 0 amide bonds. The van der Waals surface area contributed by atoms with Gasteiger partial charge in [-0.15, -0.1) is 0 Å². The lowest BCUT2D eigenvalue weighted by atomic mass is 9.54. The van der Waals surface area contributed by atoms with Crippen LogP contribution in [0.5, 0.6) is 0 Å². The average molecular weight is 309 g/mol. The number of halogens is 1. The van der Waals surface area contributed by atoms with Crippen LogP contribution in [0, 0.1) is 23.2 Å². The molecule has 0 saturated heterocycles. The van der Waals surface area contributed by atoms with E-state index in [1.54, 1.807) is 6.08 Å². The van der Waals surface area contributed by atoms with Gasteiger partial charge in [0.25, 0.3) is 0 Å². The van der Waals surface area contributed by atoms with Crippen LogP contribution in [0.15, 0.2) is 12.4 Å². The lowest BCUT2D eigenvalue weighted by Crippen LogP contribution is -2.41. The number of hydrogen-bond acceptors (Lipinski definition) is 0. The molecule has 0 heterocycles. The molecule has 2 rings (SSSR count). The van der Waals surface area contributed by atoms with Crippen LogP contribution in [0.1, 0.15) is 97.3 Å². The van der Waals surface area contributed by atoms with Crippen LogP contribution in [-0.2, 0) is 0 Å². The first-order chi connectivity index (χ1) is 10.8. The van der Waals surface area contributed by atoms with E-state index in [4.69, 9.17) is 0 Å². The van der Waals surface area contributed by atoms with Gasteiger partial charge in [-0.25, -0.2) is 4.39 Å². The third-order valence-corrected chi connectivity index (χ3v) is 6.95. The molecule has 2 fully saturated rings. The molecule has 0 N–H and O–H groups in total. The van der Waals surface area contributed by atoms with Gasteiger partial charge in [0.05, 0.1) is 6.33 Å². The van der Waals surface area contributed by atoms with Gasteiger partial charge in [0.2, 0.25) is 0 Å². The molecular weight excluding hydrogens is 271 g/mol. The van der Waals surface area contributed by atoms with E-state index in [0.717, 1.165) is 30.5 Å². The molecule has 0 aromatic carbocycles. The summed E-state index contributed by atoms with van der Waals surface area (Å²) in [6, 6.07) is 0. The molecule has 1 heteroatoms. The SMILES string of the molecule is CCCC(CC)C1([C@H]2CC[C@H](C/C=C/F)CC2)CCCCC1.